The molecule has 0 aromatic heterocycles. The maximum atomic E-state index is 5.93. The summed E-state index contributed by atoms with van der Waals surface area (Å²) in [5, 5.41) is 0. The number of ether oxygens (including phenoxy) is 2. The van der Waals surface area contributed by atoms with Crippen molar-refractivity contribution in [3.8, 4) is 0 Å². The van der Waals surface area contributed by atoms with Crippen LogP contribution in [0.5, 0.6) is 0 Å². The Morgan fingerprint density at radius 3 is 2.24 bits per heavy atom. The number of hydrogen-bond acceptors (Lipinski definition) is 4. The van der Waals surface area contributed by atoms with Crippen LogP contribution in [0, 0.1) is 6.92 Å². The summed E-state index contributed by atoms with van der Waals surface area (Å²) in [5.41, 5.74) is 9.01. The Balaban J connectivity index is 2.83. The van der Waals surface area contributed by atoms with E-state index in [4.69, 9.17) is 15.2 Å². The Kier molecular flexibility index (Phi) is 5.80. The van der Waals surface area contributed by atoms with Crippen LogP contribution in [-0.4, -0.2) is 40.5 Å². The minimum absolute atomic E-state index is 0.692. The zero-order valence-electron chi connectivity index (χ0n) is 10.9. The van der Waals surface area contributed by atoms with Crippen LogP contribution >= 0.6 is 0 Å². The molecule has 1 aromatic rings. The smallest absolute Gasteiger partial charge is 0.0637 e. The van der Waals surface area contributed by atoms with Gasteiger partial charge < -0.3 is 20.1 Å². The summed E-state index contributed by atoms with van der Waals surface area (Å²) in [5.74, 6) is 0. The van der Waals surface area contributed by atoms with E-state index in [0.717, 1.165) is 30.0 Å². The molecule has 4 heteroatoms. The van der Waals surface area contributed by atoms with Crippen molar-refractivity contribution in [3.63, 3.8) is 0 Å². The van der Waals surface area contributed by atoms with Crippen LogP contribution in [-0.2, 0) is 9.47 Å². The molecule has 0 radical (unpaired) electrons. The van der Waals surface area contributed by atoms with Gasteiger partial charge in [0, 0.05) is 38.7 Å². The lowest BCUT2D eigenvalue weighted by atomic mass is 10.1. The second-order valence-corrected chi connectivity index (χ2v) is 3.96. The number of nitrogens with two attached hydrogens (primary N) is 1. The Morgan fingerprint density at radius 2 is 1.71 bits per heavy atom. The van der Waals surface area contributed by atoms with Crippen LogP contribution in [0.15, 0.2) is 18.2 Å². The van der Waals surface area contributed by atoms with Gasteiger partial charge in [-0.1, -0.05) is 6.07 Å². The lowest BCUT2D eigenvalue weighted by Crippen LogP contribution is -2.31. The average Bonchev–Trinajstić information content (AvgIpc) is 2.34. The lowest BCUT2D eigenvalue weighted by molar-refractivity contribution is 0.190. The van der Waals surface area contributed by atoms with E-state index in [1.165, 1.54) is 0 Å². The highest BCUT2D eigenvalue weighted by atomic mass is 16.5. The lowest BCUT2D eigenvalue weighted by Gasteiger charge is -2.26. The van der Waals surface area contributed by atoms with Gasteiger partial charge in [0.25, 0.3) is 0 Å². The molecule has 0 spiro atoms. The topological polar surface area (TPSA) is 47.7 Å². The van der Waals surface area contributed by atoms with Crippen LogP contribution < -0.4 is 10.6 Å². The molecular formula is C13H22N2O2. The zero-order valence-corrected chi connectivity index (χ0v) is 10.9. The van der Waals surface area contributed by atoms with E-state index in [9.17, 15) is 0 Å². The largest absolute Gasteiger partial charge is 0.398 e. The van der Waals surface area contributed by atoms with Gasteiger partial charge in [-0.25, -0.2) is 0 Å². The molecule has 1 aromatic carbocycles. The van der Waals surface area contributed by atoms with Crippen molar-refractivity contribution < 1.29 is 9.47 Å². The second-order valence-electron chi connectivity index (χ2n) is 3.96. The van der Waals surface area contributed by atoms with Crippen LogP contribution in [0.25, 0.3) is 0 Å². The van der Waals surface area contributed by atoms with Gasteiger partial charge in [-0.3, -0.25) is 0 Å². The van der Waals surface area contributed by atoms with E-state index in [1.807, 2.05) is 19.1 Å². The predicted molar refractivity (Wildman–Crippen MR) is 71.6 cm³/mol. The summed E-state index contributed by atoms with van der Waals surface area (Å²) >= 11 is 0. The number of benzene rings is 1. The average molecular weight is 238 g/mol. The molecule has 0 atom stereocenters. The van der Waals surface area contributed by atoms with Crippen molar-refractivity contribution in [1.82, 2.24) is 0 Å². The van der Waals surface area contributed by atoms with Gasteiger partial charge in [0.2, 0.25) is 0 Å². The van der Waals surface area contributed by atoms with Crippen molar-refractivity contribution in [2.75, 3.05) is 51.2 Å². The Morgan fingerprint density at radius 1 is 1.12 bits per heavy atom. The quantitative estimate of drug-likeness (QED) is 0.734. The normalized spacial score (nSPS) is 10.5. The van der Waals surface area contributed by atoms with Gasteiger partial charge >= 0.3 is 0 Å². The Hall–Kier alpha value is -1.26. The minimum Gasteiger partial charge on any atom is -0.398 e. The van der Waals surface area contributed by atoms with Gasteiger partial charge in [0.05, 0.1) is 13.2 Å². The molecule has 0 heterocycles. The second kappa shape index (κ2) is 7.14. The van der Waals surface area contributed by atoms with Gasteiger partial charge in [-0.05, 0) is 24.6 Å². The van der Waals surface area contributed by atoms with E-state index in [1.54, 1.807) is 14.2 Å². The van der Waals surface area contributed by atoms with E-state index >= 15 is 0 Å². The number of rotatable bonds is 7. The maximum absolute atomic E-state index is 5.93. The van der Waals surface area contributed by atoms with Crippen LogP contribution in [0.3, 0.4) is 0 Å². The highest BCUT2D eigenvalue weighted by molar-refractivity contribution is 5.64. The summed E-state index contributed by atoms with van der Waals surface area (Å²) in [7, 11) is 3.42. The molecule has 17 heavy (non-hydrogen) atoms. The monoisotopic (exact) mass is 238 g/mol. The third-order valence-corrected chi connectivity index (χ3v) is 2.82. The summed E-state index contributed by atoms with van der Waals surface area (Å²) in [6, 6.07) is 5.98. The number of nitrogens with zero attached hydrogens (tertiary/aromatic N) is 1. The molecular weight excluding hydrogens is 216 g/mol. The molecule has 2 N–H and O–H groups in total. The van der Waals surface area contributed by atoms with Gasteiger partial charge in [-0.2, -0.15) is 0 Å². The molecule has 0 unspecified atom stereocenters. The number of anilines is 2. The number of methoxy groups -OCH3 is 2. The fourth-order valence-corrected chi connectivity index (χ4v) is 1.74. The first kappa shape index (κ1) is 13.8. The fourth-order valence-electron chi connectivity index (χ4n) is 1.74. The maximum Gasteiger partial charge on any atom is 0.0637 e. The van der Waals surface area contributed by atoms with Crippen LogP contribution in [0.2, 0.25) is 0 Å². The zero-order chi connectivity index (χ0) is 12.7. The molecule has 4 nitrogen and oxygen atoms in total. The predicted octanol–water partition coefficient (Wildman–Crippen LogP) is 1.68. The Bertz CT molecular complexity index is 334. The first-order valence-electron chi connectivity index (χ1n) is 5.78. The van der Waals surface area contributed by atoms with Gasteiger partial charge in [-0.15, -0.1) is 0 Å². The summed E-state index contributed by atoms with van der Waals surface area (Å²) in [6.07, 6.45) is 0. The number of nitrogen functional groups attached to an aromatic ring is 1. The summed E-state index contributed by atoms with van der Waals surface area (Å²) in [6.45, 7) is 5.10. The van der Waals surface area contributed by atoms with E-state index in [-0.39, 0.29) is 0 Å². The molecule has 0 bridgehead atoms. The third kappa shape index (κ3) is 3.91. The molecule has 0 saturated heterocycles. The van der Waals surface area contributed by atoms with Crippen molar-refractivity contribution in [2.24, 2.45) is 0 Å². The highest BCUT2D eigenvalue weighted by Crippen LogP contribution is 2.24. The molecule has 0 fully saturated rings. The molecule has 1 rings (SSSR count). The van der Waals surface area contributed by atoms with Crippen LogP contribution in [0.4, 0.5) is 11.4 Å². The fraction of sp³-hybridized carbons (Fsp3) is 0.538. The highest BCUT2D eigenvalue weighted by Gasteiger charge is 2.10. The van der Waals surface area contributed by atoms with Crippen molar-refractivity contribution in [3.05, 3.63) is 23.8 Å². The Labute approximate surface area is 103 Å². The minimum atomic E-state index is 0.692. The summed E-state index contributed by atoms with van der Waals surface area (Å²) in [4.78, 5) is 2.23. The summed E-state index contributed by atoms with van der Waals surface area (Å²) < 4.78 is 10.3. The van der Waals surface area contributed by atoms with Gasteiger partial charge in [0.1, 0.15) is 0 Å². The molecule has 0 amide bonds. The molecule has 0 saturated carbocycles. The van der Waals surface area contributed by atoms with Gasteiger partial charge in [0.15, 0.2) is 0 Å². The molecule has 0 aliphatic carbocycles. The SMILES string of the molecule is COCCN(CCOC)c1cccc(N)c1C. The molecule has 0 aliphatic rings. The van der Waals surface area contributed by atoms with Crippen molar-refractivity contribution in [2.45, 2.75) is 6.92 Å². The standard InChI is InChI=1S/C13H22N2O2/c1-11-12(14)5-4-6-13(11)15(7-9-16-2)8-10-17-3/h4-6H,7-10,14H2,1-3H3. The first-order chi connectivity index (χ1) is 8.20. The van der Waals surface area contributed by atoms with Crippen molar-refractivity contribution in [1.29, 1.82) is 0 Å². The third-order valence-electron chi connectivity index (χ3n) is 2.82. The van der Waals surface area contributed by atoms with E-state index in [0.29, 0.717) is 13.2 Å². The van der Waals surface area contributed by atoms with Crippen LogP contribution in [0.1, 0.15) is 5.56 Å². The number of hydrogen-bond donors (Lipinski definition) is 1. The first-order valence-corrected chi connectivity index (χ1v) is 5.78. The van der Waals surface area contributed by atoms with E-state index < -0.39 is 0 Å². The van der Waals surface area contributed by atoms with Crippen molar-refractivity contribution >= 4 is 11.4 Å². The molecule has 0 aliphatic heterocycles. The van der Waals surface area contributed by atoms with E-state index in [2.05, 4.69) is 11.0 Å². The molecule has 96 valence electrons.